The standard InChI is InChI=1S/C40H37O8P/c41-37(29-16-6-1-7-17-29)46-35-34(48-39(43,27-44-28-49)36(35)47-38(42)30-18-8-2-9-19-30)26-45-40(31-20-10-3-11-21-31,32-22-12-4-13-23-32)33-24-14-5-15-25-33/h1-25,34-36,43H,26-28,49H2/t34-,35-,36?,39-/m0/s1. The Kier molecular flexibility index (Phi) is 10.9. The average molecular weight is 677 g/mol. The van der Waals surface area contributed by atoms with E-state index in [4.69, 9.17) is 23.7 Å². The zero-order valence-corrected chi connectivity index (χ0v) is 27.8. The summed E-state index contributed by atoms with van der Waals surface area (Å²) in [4.78, 5) is 27.0. The molecule has 1 aliphatic rings. The third-order valence-electron chi connectivity index (χ3n) is 8.39. The summed E-state index contributed by atoms with van der Waals surface area (Å²) in [5.74, 6) is -3.60. The second-order valence-electron chi connectivity index (χ2n) is 11.5. The highest BCUT2D eigenvalue weighted by Gasteiger charge is 2.60. The van der Waals surface area contributed by atoms with Crippen molar-refractivity contribution in [1.82, 2.24) is 0 Å². The van der Waals surface area contributed by atoms with Crippen LogP contribution in [0.4, 0.5) is 0 Å². The molecule has 0 radical (unpaired) electrons. The first-order valence-corrected chi connectivity index (χ1v) is 16.8. The summed E-state index contributed by atoms with van der Waals surface area (Å²) < 4.78 is 30.9. The Morgan fingerprint density at radius 3 is 1.49 bits per heavy atom. The van der Waals surface area contributed by atoms with Crippen molar-refractivity contribution in [2.75, 3.05) is 19.6 Å². The summed E-state index contributed by atoms with van der Waals surface area (Å²) in [5.41, 5.74) is 1.92. The predicted molar refractivity (Wildman–Crippen MR) is 187 cm³/mol. The largest absolute Gasteiger partial charge is 0.452 e. The van der Waals surface area contributed by atoms with Crippen LogP contribution in [0.5, 0.6) is 0 Å². The predicted octanol–water partition coefficient (Wildman–Crippen LogP) is 6.38. The first-order valence-electron chi connectivity index (χ1n) is 16.0. The van der Waals surface area contributed by atoms with Crippen molar-refractivity contribution >= 4 is 21.2 Å². The second kappa shape index (κ2) is 15.7. The lowest BCUT2D eigenvalue weighted by molar-refractivity contribution is -0.255. The van der Waals surface area contributed by atoms with E-state index in [1.54, 1.807) is 60.7 Å². The number of carbonyl (C=O) groups is 2. The van der Waals surface area contributed by atoms with Crippen LogP contribution in [0.25, 0.3) is 0 Å². The minimum Gasteiger partial charge on any atom is -0.452 e. The smallest absolute Gasteiger partial charge is 0.338 e. The van der Waals surface area contributed by atoms with Crippen LogP contribution in [0.1, 0.15) is 37.4 Å². The Morgan fingerprint density at radius 2 is 1.06 bits per heavy atom. The molecule has 0 aromatic heterocycles. The van der Waals surface area contributed by atoms with Crippen LogP contribution in [-0.2, 0) is 29.3 Å². The van der Waals surface area contributed by atoms with Crippen LogP contribution >= 0.6 is 9.24 Å². The Balaban J connectivity index is 1.42. The van der Waals surface area contributed by atoms with E-state index in [9.17, 15) is 14.7 Å². The summed E-state index contributed by atoms with van der Waals surface area (Å²) in [5, 5.41) is 12.0. The molecule has 9 heteroatoms. The zero-order chi connectivity index (χ0) is 34.1. The lowest BCUT2D eigenvalue weighted by atomic mass is 9.80. The highest BCUT2D eigenvalue weighted by molar-refractivity contribution is 7.16. The minimum absolute atomic E-state index is 0.166. The van der Waals surface area contributed by atoms with Crippen LogP contribution in [0.2, 0.25) is 0 Å². The number of rotatable bonds is 13. The van der Waals surface area contributed by atoms with Gasteiger partial charge in [-0.3, -0.25) is 0 Å². The molecule has 0 spiro atoms. The summed E-state index contributed by atoms with van der Waals surface area (Å²) in [7, 11) is 2.41. The lowest BCUT2D eigenvalue weighted by Crippen LogP contribution is -2.50. The van der Waals surface area contributed by atoms with Gasteiger partial charge in [-0.2, -0.15) is 0 Å². The zero-order valence-electron chi connectivity index (χ0n) is 26.7. The number of esters is 2. The van der Waals surface area contributed by atoms with E-state index >= 15 is 0 Å². The molecule has 1 saturated heterocycles. The Bertz CT molecular complexity index is 1690. The SMILES string of the molecule is O=C(OC1[C@@H](OC(=O)c2ccccc2)[C@H](COC(c2ccccc2)(c2ccccc2)c2ccccc2)O[C@@]1(O)COCP)c1ccccc1. The van der Waals surface area contributed by atoms with Gasteiger partial charge in [0.1, 0.15) is 18.3 Å². The normalized spacial score (nSPS) is 20.4. The number of ether oxygens (including phenoxy) is 5. The molecule has 1 aliphatic heterocycles. The summed E-state index contributed by atoms with van der Waals surface area (Å²) in [6, 6.07) is 46.1. The Labute approximate surface area is 287 Å². The molecule has 0 aliphatic carbocycles. The molecule has 5 aromatic rings. The molecule has 5 aromatic carbocycles. The van der Waals surface area contributed by atoms with Gasteiger partial charge in [0.15, 0.2) is 12.2 Å². The van der Waals surface area contributed by atoms with Gasteiger partial charge in [-0.1, -0.05) is 127 Å². The van der Waals surface area contributed by atoms with Crippen molar-refractivity contribution in [3.63, 3.8) is 0 Å². The van der Waals surface area contributed by atoms with Crippen molar-refractivity contribution in [1.29, 1.82) is 0 Å². The molecular weight excluding hydrogens is 639 g/mol. The van der Waals surface area contributed by atoms with Crippen molar-refractivity contribution in [2.24, 2.45) is 0 Å². The lowest BCUT2D eigenvalue weighted by Gasteiger charge is -2.37. The Hall–Kier alpha value is -4.69. The number of benzene rings is 5. The third-order valence-corrected chi connectivity index (χ3v) is 8.63. The van der Waals surface area contributed by atoms with E-state index in [0.717, 1.165) is 16.7 Å². The second-order valence-corrected chi connectivity index (χ2v) is 11.9. The van der Waals surface area contributed by atoms with Gasteiger partial charge in [-0.15, -0.1) is 9.24 Å². The molecule has 6 rings (SSSR count). The molecule has 1 N–H and O–H groups in total. The molecule has 5 atom stereocenters. The van der Waals surface area contributed by atoms with Crippen molar-refractivity contribution in [3.05, 3.63) is 179 Å². The van der Waals surface area contributed by atoms with E-state index in [1.165, 1.54) is 0 Å². The van der Waals surface area contributed by atoms with Crippen LogP contribution in [0, 0.1) is 0 Å². The summed E-state index contributed by atoms with van der Waals surface area (Å²) in [6.45, 7) is -0.561. The first-order chi connectivity index (χ1) is 23.9. The number of hydrogen-bond acceptors (Lipinski definition) is 8. The molecule has 1 heterocycles. The van der Waals surface area contributed by atoms with Gasteiger partial charge in [0, 0.05) is 0 Å². The molecule has 250 valence electrons. The minimum atomic E-state index is -2.19. The van der Waals surface area contributed by atoms with Gasteiger partial charge < -0.3 is 28.8 Å². The first kappa shape index (κ1) is 34.2. The van der Waals surface area contributed by atoms with Gasteiger partial charge in [0.2, 0.25) is 5.79 Å². The van der Waals surface area contributed by atoms with Crippen LogP contribution in [-0.4, -0.2) is 60.7 Å². The summed E-state index contributed by atoms with van der Waals surface area (Å²) in [6.07, 6.45) is -3.70. The van der Waals surface area contributed by atoms with Crippen molar-refractivity contribution in [3.8, 4) is 0 Å². The van der Waals surface area contributed by atoms with Gasteiger partial charge in [0.25, 0.3) is 0 Å². The number of carbonyl (C=O) groups excluding carboxylic acids is 2. The van der Waals surface area contributed by atoms with Crippen LogP contribution < -0.4 is 0 Å². The fourth-order valence-corrected chi connectivity index (χ4v) is 6.21. The topological polar surface area (TPSA) is 101 Å². The maximum absolute atomic E-state index is 13.6. The maximum atomic E-state index is 13.6. The van der Waals surface area contributed by atoms with Crippen molar-refractivity contribution < 1.29 is 38.4 Å². The van der Waals surface area contributed by atoms with Crippen LogP contribution in [0.15, 0.2) is 152 Å². The molecule has 2 unspecified atom stereocenters. The average Bonchev–Trinajstić information content (AvgIpc) is 3.42. The molecule has 1 fully saturated rings. The Morgan fingerprint density at radius 1 is 0.653 bits per heavy atom. The molecule has 0 amide bonds. The van der Waals surface area contributed by atoms with Gasteiger partial charge in [0.05, 0.1) is 24.1 Å². The fourth-order valence-electron chi connectivity index (χ4n) is 6.09. The molecule has 0 saturated carbocycles. The molecule has 0 bridgehead atoms. The highest BCUT2D eigenvalue weighted by Crippen LogP contribution is 2.42. The van der Waals surface area contributed by atoms with Gasteiger partial charge in [-0.25, -0.2) is 9.59 Å². The maximum Gasteiger partial charge on any atom is 0.338 e. The van der Waals surface area contributed by atoms with Gasteiger partial charge >= 0.3 is 11.9 Å². The van der Waals surface area contributed by atoms with E-state index in [0.29, 0.717) is 0 Å². The molecular formula is C40H37O8P. The van der Waals surface area contributed by atoms with E-state index in [-0.39, 0.29) is 30.7 Å². The highest BCUT2D eigenvalue weighted by atomic mass is 31.0. The number of aliphatic hydroxyl groups is 1. The molecule has 49 heavy (non-hydrogen) atoms. The summed E-state index contributed by atoms with van der Waals surface area (Å²) >= 11 is 0. The fraction of sp³-hybridized carbons (Fsp3) is 0.200. The van der Waals surface area contributed by atoms with Crippen LogP contribution in [0.3, 0.4) is 0 Å². The number of hydrogen-bond donors (Lipinski definition) is 1. The quantitative estimate of drug-likeness (QED) is 0.0872. The monoisotopic (exact) mass is 676 g/mol. The third kappa shape index (κ3) is 7.49. The van der Waals surface area contributed by atoms with Gasteiger partial charge in [-0.05, 0) is 41.0 Å². The van der Waals surface area contributed by atoms with E-state index in [2.05, 4.69) is 9.24 Å². The molecule has 8 nitrogen and oxygen atoms in total. The van der Waals surface area contributed by atoms with E-state index in [1.807, 2.05) is 91.0 Å². The van der Waals surface area contributed by atoms with Crippen molar-refractivity contribution in [2.45, 2.75) is 29.7 Å². The van der Waals surface area contributed by atoms with E-state index < -0.39 is 41.6 Å².